The second-order valence-electron chi connectivity index (χ2n) is 7.13. The predicted octanol–water partition coefficient (Wildman–Crippen LogP) is 5.76. The summed E-state index contributed by atoms with van der Waals surface area (Å²) in [7, 11) is 0. The molecule has 0 heterocycles. The first-order chi connectivity index (χ1) is 10.3. The third-order valence-electron chi connectivity index (χ3n) is 4.26. The maximum absolute atomic E-state index is 10.0. The summed E-state index contributed by atoms with van der Waals surface area (Å²) in [5.41, 5.74) is 6.00. The number of carbonyl (C=O) groups is 1. The van der Waals surface area contributed by atoms with Crippen LogP contribution in [0.5, 0.6) is 0 Å². The predicted molar refractivity (Wildman–Crippen MR) is 97.2 cm³/mol. The van der Waals surface area contributed by atoms with Crippen LogP contribution in [0.4, 0.5) is 0 Å². The highest BCUT2D eigenvalue weighted by Gasteiger charge is 2.19. The van der Waals surface area contributed by atoms with Crippen LogP contribution in [0.2, 0.25) is 0 Å². The third-order valence-corrected chi connectivity index (χ3v) is 4.26. The van der Waals surface area contributed by atoms with Gasteiger partial charge in [-0.2, -0.15) is 0 Å². The van der Waals surface area contributed by atoms with Crippen LogP contribution in [0.1, 0.15) is 105 Å². The molecule has 3 nitrogen and oxygen atoms in total. The van der Waals surface area contributed by atoms with E-state index in [1.165, 1.54) is 51.4 Å². The molecule has 0 bridgehead atoms. The van der Waals surface area contributed by atoms with Gasteiger partial charge in [-0.05, 0) is 32.6 Å². The molecule has 0 fully saturated rings. The second kappa shape index (κ2) is 15.3. The number of carboxylic acid groups (broad SMARTS) is 1. The molecule has 3 N–H and O–H groups in total. The highest BCUT2D eigenvalue weighted by Crippen LogP contribution is 2.19. The van der Waals surface area contributed by atoms with Crippen molar-refractivity contribution in [3.8, 4) is 0 Å². The van der Waals surface area contributed by atoms with Crippen molar-refractivity contribution in [2.24, 2.45) is 11.7 Å². The first-order valence-electron chi connectivity index (χ1n) is 9.26. The number of rotatable bonds is 12. The van der Waals surface area contributed by atoms with E-state index < -0.39 is 5.97 Å². The van der Waals surface area contributed by atoms with Crippen molar-refractivity contribution in [1.82, 2.24) is 0 Å². The minimum atomic E-state index is -0.670. The number of nitrogens with two attached hydrogens (primary N) is 1. The summed E-state index contributed by atoms with van der Waals surface area (Å²) in [6.07, 6.45) is 12.6. The molecular formula is C19H41NO2. The quantitative estimate of drug-likeness (QED) is 0.450. The van der Waals surface area contributed by atoms with Crippen LogP contribution in [-0.2, 0) is 4.79 Å². The van der Waals surface area contributed by atoms with Crippen molar-refractivity contribution in [3.05, 3.63) is 0 Å². The molecule has 0 radical (unpaired) electrons. The van der Waals surface area contributed by atoms with Crippen LogP contribution >= 0.6 is 0 Å². The zero-order valence-electron chi connectivity index (χ0n) is 15.8. The van der Waals surface area contributed by atoms with Gasteiger partial charge in [0.05, 0.1) is 0 Å². The minimum absolute atomic E-state index is 0.00617. The lowest BCUT2D eigenvalue weighted by molar-refractivity contribution is -0.137. The van der Waals surface area contributed by atoms with Gasteiger partial charge in [0.2, 0.25) is 0 Å². The normalized spacial score (nSPS) is 12.5. The van der Waals surface area contributed by atoms with E-state index in [1.807, 2.05) is 0 Å². The van der Waals surface area contributed by atoms with Crippen molar-refractivity contribution in [1.29, 1.82) is 0 Å². The molecule has 0 rings (SSSR count). The van der Waals surface area contributed by atoms with E-state index in [1.54, 1.807) is 0 Å². The van der Waals surface area contributed by atoms with Crippen molar-refractivity contribution in [3.63, 3.8) is 0 Å². The summed E-state index contributed by atoms with van der Waals surface area (Å²) >= 11 is 0. The Hall–Kier alpha value is -0.570. The topological polar surface area (TPSA) is 63.3 Å². The molecule has 3 heteroatoms. The molecule has 0 aliphatic heterocycles. The third kappa shape index (κ3) is 19.4. The van der Waals surface area contributed by atoms with Crippen LogP contribution in [0.25, 0.3) is 0 Å². The van der Waals surface area contributed by atoms with E-state index in [4.69, 9.17) is 10.8 Å². The Morgan fingerprint density at radius 2 is 1.41 bits per heavy atom. The van der Waals surface area contributed by atoms with Crippen LogP contribution in [0.3, 0.4) is 0 Å². The molecule has 0 aliphatic carbocycles. The molecule has 22 heavy (non-hydrogen) atoms. The Balaban J connectivity index is 0. The highest BCUT2D eigenvalue weighted by atomic mass is 16.4. The smallest absolute Gasteiger partial charge is 0.303 e. The van der Waals surface area contributed by atoms with Gasteiger partial charge in [0.15, 0.2) is 0 Å². The molecule has 0 aliphatic rings. The minimum Gasteiger partial charge on any atom is -0.481 e. The fraction of sp³-hybridized carbons (Fsp3) is 0.947. The lowest BCUT2D eigenvalue weighted by atomic mass is 9.86. The van der Waals surface area contributed by atoms with E-state index in [0.717, 1.165) is 12.8 Å². The molecule has 1 unspecified atom stereocenters. The second-order valence-corrected chi connectivity index (χ2v) is 7.13. The van der Waals surface area contributed by atoms with Gasteiger partial charge < -0.3 is 10.8 Å². The van der Waals surface area contributed by atoms with Gasteiger partial charge in [0.25, 0.3) is 0 Å². The Morgan fingerprint density at radius 1 is 0.955 bits per heavy atom. The Kier molecular flexibility index (Phi) is 16.5. The summed E-state index contributed by atoms with van der Waals surface area (Å²) in [5, 5.41) is 8.27. The first-order valence-corrected chi connectivity index (χ1v) is 9.26. The molecule has 0 aromatic carbocycles. The lowest BCUT2D eigenvalue weighted by Gasteiger charge is -2.27. The van der Waals surface area contributed by atoms with Crippen LogP contribution in [-0.4, -0.2) is 16.6 Å². The summed E-state index contributed by atoms with van der Waals surface area (Å²) in [6.45, 7) is 10.9. The average molecular weight is 316 g/mol. The van der Waals surface area contributed by atoms with Crippen molar-refractivity contribution in [2.45, 2.75) is 111 Å². The van der Waals surface area contributed by atoms with Gasteiger partial charge in [-0.25, -0.2) is 0 Å². The summed E-state index contributed by atoms with van der Waals surface area (Å²) < 4.78 is 0. The van der Waals surface area contributed by atoms with Crippen LogP contribution < -0.4 is 5.73 Å². The van der Waals surface area contributed by atoms with E-state index >= 15 is 0 Å². The number of hydrogen-bond acceptors (Lipinski definition) is 2. The standard InChI is InChI=1S/C11H25N.C8H16O2/c1-5-6-7-8-9-10(2)11(3,4)12;1-2-3-4-5-6-7-8(9)10/h10H,5-9,12H2,1-4H3;2-7H2,1H3,(H,9,10). The van der Waals surface area contributed by atoms with E-state index in [2.05, 4.69) is 34.6 Å². The first kappa shape index (κ1) is 23.7. The van der Waals surface area contributed by atoms with Crippen LogP contribution in [0.15, 0.2) is 0 Å². The molecule has 134 valence electrons. The summed E-state index contributed by atoms with van der Waals surface area (Å²) in [4.78, 5) is 10.0. The Morgan fingerprint density at radius 3 is 1.82 bits per heavy atom. The van der Waals surface area contributed by atoms with Gasteiger partial charge >= 0.3 is 5.97 Å². The zero-order chi connectivity index (χ0) is 17.4. The van der Waals surface area contributed by atoms with E-state index in [-0.39, 0.29) is 5.54 Å². The Bertz CT molecular complexity index is 246. The lowest BCUT2D eigenvalue weighted by Crippen LogP contribution is -2.39. The molecule has 0 aromatic heterocycles. The molecular weight excluding hydrogens is 274 g/mol. The molecule has 0 saturated heterocycles. The maximum Gasteiger partial charge on any atom is 0.303 e. The number of unbranched alkanes of at least 4 members (excludes halogenated alkanes) is 7. The molecule has 0 spiro atoms. The molecule has 0 saturated carbocycles. The van der Waals surface area contributed by atoms with Gasteiger partial charge in [-0.1, -0.05) is 72.1 Å². The summed E-state index contributed by atoms with van der Waals surface area (Å²) in [6, 6.07) is 0. The number of hydrogen-bond donors (Lipinski definition) is 2. The highest BCUT2D eigenvalue weighted by molar-refractivity contribution is 5.66. The molecule has 0 amide bonds. The zero-order valence-corrected chi connectivity index (χ0v) is 15.8. The fourth-order valence-corrected chi connectivity index (χ4v) is 2.13. The monoisotopic (exact) mass is 315 g/mol. The van der Waals surface area contributed by atoms with Gasteiger partial charge in [-0.15, -0.1) is 0 Å². The summed E-state index contributed by atoms with van der Waals surface area (Å²) in [5.74, 6) is -0.0224. The Labute approximate surface area is 139 Å². The largest absolute Gasteiger partial charge is 0.481 e. The molecule has 0 aromatic rings. The maximum atomic E-state index is 10.0. The van der Waals surface area contributed by atoms with Gasteiger partial charge in [0, 0.05) is 12.0 Å². The van der Waals surface area contributed by atoms with Gasteiger partial charge in [0.1, 0.15) is 0 Å². The SMILES string of the molecule is CCCCCCC(C)C(C)(C)N.CCCCCCCC(=O)O. The van der Waals surface area contributed by atoms with E-state index in [0.29, 0.717) is 12.3 Å². The van der Waals surface area contributed by atoms with Crippen molar-refractivity contribution >= 4 is 5.97 Å². The van der Waals surface area contributed by atoms with Crippen molar-refractivity contribution in [2.75, 3.05) is 0 Å². The van der Waals surface area contributed by atoms with Crippen LogP contribution in [0, 0.1) is 5.92 Å². The van der Waals surface area contributed by atoms with E-state index in [9.17, 15) is 4.79 Å². The van der Waals surface area contributed by atoms with Gasteiger partial charge in [-0.3, -0.25) is 4.79 Å². The van der Waals surface area contributed by atoms with Crippen molar-refractivity contribution < 1.29 is 9.90 Å². The number of aliphatic carboxylic acids is 1. The molecule has 1 atom stereocenters. The number of carboxylic acids is 1. The fourth-order valence-electron chi connectivity index (χ4n) is 2.13. The average Bonchev–Trinajstić information content (AvgIpc) is 2.42.